The number of nitrogens with one attached hydrogen (secondary N) is 1. The van der Waals surface area contributed by atoms with E-state index in [0.717, 1.165) is 23.7 Å². The number of halogens is 3. The molecule has 0 saturated heterocycles. The first-order chi connectivity index (χ1) is 9.36. The lowest BCUT2D eigenvalue weighted by Crippen LogP contribution is -2.18. The Balaban J connectivity index is 2.00. The second-order valence-electron chi connectivity index (χ2n) is 4.75. The predicted molar refractivity (Wildman–Crippen MR) is 70.1 cm³/mol. The smallest absolute Gasteiger partial charge is 0.416 e. The summed E-state index contributed by atoms with van der Waals surface area (Å²) in [6.45, 7) is 4.11. The van der Waals surface area contributed by atoms with Crippen molar-refractivity contribution in [3.63, 3.8) is 0 Å². The SMILES string of the molecule is Cc1ccc(C(C)NCc2cccc(C(F)(F)F)c2)o1. The van der Waals surface area contributed by atoms with Gasteiger partial charge in [0.15, 0.2) is 0 Å². The van der Waals surface area contributed by atoms with Crippen LogP contribution in [0.5, 0.6) is 0 Å². The van der Waals surface area contributed by atoms with Gasteiger partial charge in [-0.1, -0.05) is 18.2 Å². The van der Waals surface area contributed by atoms with Gasteiger partial charge in [0.1, 0.15) is 11.5 Å². The van der Waals surface area contributed by atoms with Gasteiger partial charge in [0.05, 0.1) is 11.6 Å². The Bertz CT molecular complexity index is 574. The molecule has 0 radical (unpaired) electrons. The maximum atomic E-state index is 12.6. The number of hydrogen-bond donors (Lipinski definition) is 1. The number of rotatable bonds is 4. The van der Waals surface area contributed by atoms with Crippen molar-refractivity contribution in [1.82, 2.24) is 5.32 Å². The number of benzene rings is 1. The Labute approximate surface area is 115 Å². The molecule has 1 atom stereocenters. The molecule has 2 nitrogen and oxygen atoms in total. The summed E-state index contributed by atoms with van der Waals surface area (Å²) in [4.78, 5) is 0. The van der Waals surface area contributed by atoms with Crippen LogP contribution in [-0.4, -0.2) is 0 Å². The molecule has 1 N–H and O–H groups in total. The molecule has 1 heterocycles. The second kappa shape index (κ2) is 5.71. The third-order valence-electron chi connectivity index (χ3n) is 3.05. The van der Waals surface area contributed by atoms with Crippen LogP contribution in [0.25, 0.3) is 0 Å². The summed E-state index contributed by atoms with van der Waals surface area (Å²) in [5.41, 5.74) is -0.0340. The lowest BCUT2D eigenvalue weighted by molar-refractivity contribution is -0.137. The quantitative estimate of drug-likeness (QED) is 0.896. The van der Waals surface area contributed by atoms with Crippen molar-refractivity contribution in [2.45, 2.75) is 32.6 Å². The zero-order valence-corrected chi connectivity index (χ0v) is 11.3. The monoisotopic (exact) mass is 283 g/mol. The zero-order chi connectivity index (χ0) is 14.8. The molecule has 2 rings (SSSR count). The van der Waals surface area contributed by atoms with Crippen LogP contribution >= 0.6 is 0 Å². The highest BCUT2D eigenvalue weighted by molar-refractivity contribution is 5.25. The molecule has 0 fully saturated rings. The molecule has 1 aromatic carbocycles. The number of alkyl halides is 3. The molecule has 5 heteroatoms. The fourth-order valence-corrected chi connectivity index (χ4v) is 1.92. The molecule has 0 aliphatic rings. The van der Waals surface area contributed by atoms with Gasteiger partial charge >= 0.3 is 6.18 Å². The van der Waals surface area contributed by atoms with Crippen LogP contribution in [0.15, 0.2) is 40.8 Å². The van der Waals surface area contributed by atoms with Crippen molar-refractivity contribution < 1.29 is 17.6 Å². The van der Waals surface area contributed by atoms with E-state index in [0.29, 0.717) is 12.1 Å². The van der Waals surface area contributed by atoms with Crippen molar-refractivity contribution in [2.75, 3.05) is 0 Å². The third kappa shape index (κ3) is 3.63. The van der Waals surface area contributed by atoms with Crippen molar-refractivity contribution in [2.24, 2.45) is 0 Å². The molecule has 0 amide bonds. The summed E-state index contributed by atoms with van der Waals surface area (Å²) in [5.74, 6) is 1.59. The van der Waals surface area contributed by atoms with E-state index in [1.807, 2.05) is 26.0 Å². The molecule has 2 aromatic rings. The van der Waals surface area contributed by atoms with Gasteiger partial charge in [-0.3, -0.25) is 0 Å². The minimum atomic E-state index is -4.31. The highest BCUT2D eigenvalue weighted by atomic mass is 19.4. The van der Waals surface area contributed by atoms with Crippen molar-refractivity contribution >= 4 is 0 Å². The summed E-state index contributed by atoms with van der Waals surface area (Å²) in [5, 5.41) is 3.15. The van der Waals surface area contributed by atoms with E-state index >= 15 is 0 Å². The van der Waals surface area contributed by atoms with E-state index in [4.69, 9.17) is 4.42 Å². The second-order valence-corrected chi connectivity index (χ2v) is 4.75. The molecule has 20 heavy (non-hydrogen) atoms. The van der Waals surface area contributed by atoms with E-state index < -0.39 is 11.7 Å². The minimum Gasteiger partial charge on any atom is -0.465 e. The highest BCUT2D eigenvalue weighted by Crippen LogP contribution is 2.29. The van der Waals surface area contributed by atoms with Crippen LogP contribution in [0.3, 0.4) is 0 Å². The van der Waals surface area contributed by atoms with Gasteiger partial charge in [0.2, 0.25) is 0 Å². The Kier molecular flexibility index (Phi) is 4.18. The highest BCUT2D eigenvalue weighted by Gasteiger charge is 2.30. The van der Waals surface area contributed by atoms with Crippen LogP contribution in [0.4, 0.5) is 13.2 Å². The topological polar surface area (TPSA) is 25.2 Å². The summed E-state index contributed by atoms with van der Waals surface area (Å²) < 4.78 is 43.3. The molecule has 0 spiro atoms. The lowest BCUT2D eigenvalue weighted by Gasteiger charge is -2.13. The number of hydrogen-bond acceptors (Lipinski definition) is 2. The zero-order valence-electron chi connectivity index (χ0n) is 11.3. The molecule has 1 aromatic heterocycles. The first-order valence-corrected chi connectivity index (χ1v) is 6.32. The molecular formula is C15H16F3NO. The van der Waals surface area contributed by atoms with E-state index in [2.05, 4.69) is 5.32 Å². The fraction of sp³-hybridized carbons (Fsp3) is 0.333. The molecule has 1 unspecified atom stereocenters. The Morgan fingerprint density at radius 1 is 1.20 bits per heavy atom. The van der Waals surface area contributed by atoms with Gasteiger partial charge in [-0.25, -0.2) is 0 Å². The Morgan fingerprint density at radius 2 is 1.95 bits per heavy atom. The van der Waals surface area contributed by atoms with E-state index in [1.165, 1.54) is 6.07 Å². The standard InChI is InChI=1S/C15H16F3NO/c1-10-6-7-14(20-10)11(2)19-9-12-4-3-5-13(8-12)15(16,17)18/h3-8,11,19H,9H2,1-2H3. The average molecular weight is 283 g/mol. The number of furan rings is 1. The summed E-state index contributed by atoms with van der Waals surface area (Å²) in [6, 6.07) is 8.98. The van der Waals surface area contributed by atoms with Gasteiger partial charge in [-0.05, 0) is 37.6 Å². The Hall–Kier alpha value is -1.75. The van der Waals surface area contributed by atoms with E-state index in [-0.39, 0.29) is 6.04 Å². The van der Waals surface area contributed by atoms with E-state index in [1.54, 1.807) is 6.07 Å². The summed E-state index contributed by atoms with van der Waals surface area (Å²) in [6.07, 6.45) is -4.31. The first-order valence-electron chi connectivity index (χ1n) is 6.32. The molecular weight excluding hydrogens is 267 g/mol. The van der Waals surface area contributed by atoms with Crippen molar-refractivity contribution in [3.8, 4) is 0 Å². The Morgan fingerprint density at radius 3 is 2.55 bits per heavy atom. The summed E-state index contributed by atoms with van der Waals surface area (Å²) >= 11 is 0. The van der Waals surface area contributed by atoms with Crippen LogP contribution in [0.1, 0.15) is 35.6 Å². The molecule has 0 saturated carbocycles. The maximum absolute atomic E-state index is 12.6. The van der Waals surface area contributed by atoms with Gasteiger partial charge in [0.25, 0.3) is 0 Å². The minimum absolute atomic E-state index is 0.0572. The van der Waals surface area contributed by atoms with Crippen LogP contribution in [0.2, 0.25) is 0 Å². The van der Waals surface area contributed by atoms with Crippen LogP contribution in [-0.2, 0) is 12.7 Å². The summed E-state index contributed by atoms with van der Waals surface area (Å²) in [7, 11) is 0. The van der Waals surface area contributed by atoms with Gasteiger partial charge in [0, 0.05) is 6.54 Å². The van der Waals surface area contributed by atoms with Crippen LogP contribution in [0, 0.1) is 6.92 Å². The largest absolute Gasteiger partial charge is 0.465 e. The first kappa shape index (κ1) is 14.7. The number of aryl methyl sites for hydroxylation is 1. The predicted octanol–water partition coefficient (Wildman–Crippen LogP) is 4.46. The molecule has 0 aliphatic heterocycles. The van der Waals surface area contributed by atoms with Gasteiger partial charge in [-0.15, -0.1) is 0 Å². The lowest BCUT2D eigenvalue weighted by atomic mass is 10.1. The van der Waals surface area contributed by atoms with E-state index in [9.17, 15) is 13.2 Å². The van der Waals surface area contributed by atoms with Crippen molar-refractivity contribution in [3.05, 3.63) is 59.0 Å². The average Bonchev–Trinajstić information content (AvgIpc) is 2.82. The maximum Gasteiger partial charge on any atom is 0.416 e. The van der Waals surface area contributed by atoms with Crippen LogP contribution < -0.4 is 5.32 Å². The van der Waals surface area contributed by atoms with Gasteiger partial charge in [-0.2, -0.15) is 13.2 Å². The fourth-order valence-electron chi connectivity index (χ4n) is 1.92. The third-order valence-corrected chi connectivity index (χ3v) is 3.05. The van der Waals surface area contributed by atoms with Crippen molar-refractivity contribution in [1.29, 1.82) is 0 Å². The molecule has 108 valence electrons. The molecule has 0 bridgehead atoms. The normalized spacial score (nSPS) is 13.4. The van der Waals surface area contributed by atoms with Gasteiger partial charge < -0.3 is 9.73 Å². The molecule has 0 aliphatic carbocycles.